The zero-order valence-corrected chi connectivity index (χ0v) is 20.3. The van der Waals surface area contributed by atoms with Gasteiger partial charge in [0, 0.05) is 23.4 Å². The summed E-state index contributed by atoms with van der Waals surface area (Å²) in [7, 11) is 0. The first-order valence-electron chi connectivity index (χ1n) is 11.8. The molecule has 0 spiro atoms. The number of fused-ring (bicyclic) bond motifs is 7. The van der Waals surface area contributed by atoms with Gasteiger partial charge in [0.05, 0.1) is 40.1 Å². The summed E-state index contributed by atoms with van der Waals surface area (Å²) in [6, 6.07) is 13.6. The number of benzene rings is 3. The third kappa shape index (κ3) is 3.27. The van der Waals surface area contributed by atoms with Crippen LogP contribution in [0.5, 0.6) is 0 Å². The summed E-state index contributed by atoms with van der Waals surface area (Å²) in [6.45, 7) is 1.78. The molecule has 2 saturated heterocycles. The zero-order valence-electron chi connectivity index (χ0n) is 19.5. The van der Waals surface area contributed by atoms with Gasteiger partial charge in [-0.3, -0.25) is 19.7 Å². The van der Waals surface area contributed by atoms with Crippen LogP contribution in [0.25, 0.3) is 16.8 Å². The second-order valence-electron chi connectivity index (χ2n) is 9.13. The number of esters is 1. The van der Waals surface area contributed by atoms with Crippen LogP contribution in [0.4, 0.5) is 17.1 Å². The van der Waals surface area contributed by atoms with E-state index in [9.17, 15) is 24.5 Å². The maximum Gasteiger partial charge on any atom is 0.329 e. The molecule has 2 fully saturated rings. The van der Waals surface area contributed by atoms with Crippen molar-refractivity contribution in [2.75, 3.05) is 16.4 Å². The Hall–Kier alpha value is -4.24. The number of nitro groups is 1. The number of non-ortho nitro benzene ring substituents is 1. The van der Waals surface area contributed by atoms with E-state index in [1.165, 1.54) is 12.1 Å². The van der Waals surface area contributed by atoms with Gasteiger partial charge in [-0.05, 0) is 29.8 Å². The van der Waals surface area contributed by atoms with Crippen molar-refractivity contribution in [3.63, 3.8) is 0 Å². The number of carbonyl (C=O) groups excluding carboxylic acids is 3. The minimum atomic E-state index is -1.06. The van der Waals surface area contributed by atoms with Crippen molar-refractivity contribution in [2.24, 2.45) is 11.8 Å². The van der Waals surface area contributed by atoms with Crippen LogP contribution in [-0.2, 0) is 19.1 Å². The molecule has 2 amide bonds. The van der Waals surface area contributed by atoms with Crippen molar-refractivity contribution >= 4 is 63.3 Å². The van der Waals surface area contributed by atoms with Crippen LogP contribution in [0.3, 0.4) is 0 Å². The van der Waals surface area contributed by atoms with Crippen molar-refractivity contribution in [1.29, 1.82) is 0 Å². The maximum absolute atomic E-state index is 13.8. The molecular formula is C27H20ClN3O6. The van der Waals surface area contributed by atoms with Crippen molar-refractivity contribution in [3.05, 3.63) is 81.4 Å². The second kappa shape index (κ2) is 8.41. The molecule has 3 heterocycles. The number of amides is 2. The van der Waals surface area contributed by atoms with Gasteiger partial charge in [-0.15, -0.1) is 0 Å². The molecule has 3 aliphatic heterocycles. The molecule has 0 unspecified atom stereocenters. The molecule has 10 heteroatoms. The van der Waals surface area contributed by atoms with E-state index in [1.54, 1.807) is 6.92 Å². The normalized spacial score (nSPS) is 23.7. The van der Waals surface area contributed by atoms with Crippen LogP contribution >= 0.6 is 11.6 Å². The summed E-state index contributed by atoms with van der Waals surface area (Å²) in [5.74, 6) is -3.75. The molecule has 3 aliphatic rings. The molecule has 0 bridgehead atoms. The summed E-state index contributed by atoms with van der Waals surface area (Å²) < 4.78 is 5.38. The van der Waals surface area contributed by atoms with Gasteiger partial charge in [0.2, 0.25) is 11.8 Å². The minimum absolute atomic E-state index is 0.0211. The summed E-state index contributed by atoms with van der Waals surface area (Å²) in [5, 5.41) is 13.4. The van der Waals surface area contributed by atoms with E-state index in [2.05, 4.69) is 0 Å². The van der Waals surface area contributed by atoms with Crippen molar-refractivity contribution in [1.82, 2.24) is 0 Å². The van der Waals surface area contributed by atoms with Gasteiger partial charge in [-0.25, -0.2) is 9.69 Å². The smallest absolute Gasteiger partial charge is 0.329 e. The fourth-order valence-corrected chi connectivity index (χ4v) is 6.05. The Labute approximate surface area is 216 Å². The number of imide groups is 1. The van der Waals surface area contributed by atoms with Gasteiger partial charge < -0.3 is 9.64 Å². The predicted molar refractivity (Wildman–Crippen MR) is 137 cm³/mol. The lowest BCUT2D eigenvalue weighted by Gasteiger charge is -2.36. The molecule has 186 valence electrons. The fourth-order valence-electron chi connectivity index (χ4n) is 5.85. The quantitative estimate of drug-likeness (QED) is 0.219. The van der Waals surface area contributed by atoms with Crippen LogP contribution in [0.1, 0.15) is 12.5 Å². The van der Waals surface area contributed by atoms with Crippen LogP contribution in [-0.4, -0.2) is 41.4 Å². The molecule has 4 atom stereocenters. The summed E-state index contributed by atoms with van der Waals surface area (Å²) in [5.41, 5.74) is 1.25. The SMILES string of the molecule is CCOC(=O)[C@@H]1[C@H]2C(=O)N(c3cc([N+](=O)[O-])ccc3Cl)C(=O)[C@@H]2[C@H]2C=Cc3c(ccc4ccccc34)N21. The van der Waals surface area contributed by atoms with E-state index in [-0.39, 0.29) is 23.0 Å². The number of anilines is 2. The van der Waals surface area contributed by atoms with Crippen molar-refractivity contribution in [3.8, 4) is 0 Å². The highest BCUT2D eigenvalue weighted by Gasteiger charge is 2.65. The average Bonchev–Trinajstić information content (AvgIpc) is 3.37. The van der Waals surface area contributed by atoms with Crippen LogP contribution in [0, 0.1) is 22.0 Å². The minimum Gasteiger partial charge on any atom is -0.464 e. The van der Waals surface area contributed by atoms with E-state index in [4.69, 9.17) is 16.3 Å². The molecule has 0 N–H and O–H groups in total. The Bertz CT molecular complexity index is 1550. The molecular weight excluding hydrogens is 498 g/mol. The van der Waals surface area contributed by atoms with Gasteiger partial charge in [0.25, 0.3) is 5.69 Å². The van der Waals surface area contributed by atoms with Gasteiger partial charge in [-0.2, -0.15) is 0 Å². The molecule has 6 rings (SSSR count). The number of rotatable bonds is 4. The van der Waals surface area contributed by atoms with E-state index in [1.807, 2.05) is 53.5 Å². The average molecular weight is 518 g/mol. The number of ether oxygens (including phenoxy) is 1. The van der Waals surface area contributed by atoms with Crippen molar-refractivity contribution in [2.45, 2.75) is 19.0 Å². The van der Waals surface area contributed by atoms with Crippen LogP contribution < -0.4 is 9.80 Å². The Morgan fingerprint density at radius 3 is 2.57 bits per heavy atom. The molecule has 3 aromatic rings. The standard InChI is InChI=1S/C27H20ClN3O6/c1-2-37-27(34)24-23-22(25(32)30(26(23)33)21-13-15(31(35)36)8-10-18(21)28)20-12-9-17-16-6-4-3-5-14(16)7-11-19(17)29(20)24/h3-13,20,22-24H,2H2,1H3/t20-,22-,23+,24+/m1/s1. The number of nitro benzene ring substituents is 1. The largest absolute Gasteiger partial charge is 0.464 e. The Balaban J connectivity index is 1.50. The van der Waals surface area contributed by atoms with Crippen LogP contribution in [0.2, 0.25) is 5.02 Å². The molecule has 0 aliphatic carbocycles. The summed E-state index contributed by atoms with van der Waals surface area (Å²) in [4.78, 5) is 54.4. The topological polar surface area (TPSA) is 110 Å². The van der Waals surface area contributed by atoms with Gasteiger partial charge in [0.15, 0.2) is 0 Å². The lowest BCUT2D eigenvalue weighted by molar-refractivity contribution is -0.384. The van der Waals surface area contributed by atoms with E-state index >= 15 is 0 Å². The molecule has 0 saturated carbocycles. The first-order valence-corrected chi connectivity index (χ1v) is 12.2. The molecule has 0 radical (unpaired) electrons. The highest BCUT2D eigenvalue weighted by atomic mass is 35.5. The predicted octanol–water partition coefficient (Wildman–Crippen LogP) is 4.35. The fraction of sp³-hybridized carbons (Fsp3) is 0.222. The molecule has 9 nitrogen and oxygen atoms in total. The number of carbonyl (C=O) groups is 3. The Morgan fingerprint density at radius 1 is 1.05 bits per heavy atom. The number of hydrogen-bond acceptors (Lipinski definition) is 7. The first kappa shape index (κ1) is 23.2. The monoisotopic (exact) mass is 517 g/mol. The maximum atomic E-state index is 13.8. The van der Waals surface area contributed by atoms with E-state index < -0.39 is 46.6 Å². The summed E-state index contributed by atoms with van der Waals surface area (Å²) >= 11 is 6.29. The first-order chi connectivity index (χ1) is 17.8. The number of hydrogen-bond donors (Lipinski definition) is 0. The molecule has 3 aromatic carbocycles. The Kier molecular flexibility index (Phi) is 5.27. The van der Waals surface area contributed by atoms with Gasteiger partial charge in [-0.1, -0.05) is 54.1 Å². The molecule has 37 heavy (non-hydrogen) atoms. The third-order valence-electron chi connectivity index (χ3n) is 7.32. The Morgan fingerprint density at radius 2 is 1.81 bits per heavy atom. The number of halogens is 1. The summed E-state index contributed by atoms with van der Waals surface area (Å²) in [6.07, 6.45) is 3.76. The van der Waals surface area contributed by atoms with Crippen LogP contribution in [0.15, 0.2) is 60.7 Å². The number of nitrogens with zero attached hydrogens (tertiary/aromatic N) is 3. The van der Waals surface area contributed by atoms with E-state index in [0.29, 0.717) is 0 Å². The lowest BCUT2D eigenvalue weighted by atomic mass is 9.88. The van der Waals surface area contributed by atoms with E-state index in [0.717, 1.165) is 33.0 Å². The highest BCUT2D eigenvalue weighted by molar-refractivity contribution is 6.36. The van der Waals surface area contributed by atoms with Gasteiger partial charge >= 0.3 is 5.97 Å². The lowest BCUT2D eigenvalue weighted by Crippen LogP contribution is -2.49. The second-order valence-corrected chi connectivity index (χ2v) is 9.54. The zero-order chi connectivity index (χ0) is 26.0. The third-order valence-corrected chi connectivity index (χ3v) is 7.64. The highest BCUT2D eigenvalue weighted by Crippen LogP contribution is 2.51. The molecule has 0 aromatic heterocycles. The van der Waals surface area contributed by atoms with Crippen molar-refractivity contribution < 1.29 is 24.0 Å². The van der Waals surface area contributed by atoms with Gasteiger partial charge in [0.1, 0.15) is 6.04 Å².